The highest BCUT2D eigenvalue weighted by atomic mass is 16.2. The largest absolute Gasteiger partial charge is 0.370 e. The summed E-state index contributed by atoms with van der Waals surface area (Å²) in [5.41, 5.74) is 5.41. The third-order valence-electron chi connectivity index (χ3n) is 8.66. The molecule has 0 unspecified atom stereocenters. The number of guanidine groups is 1. The highest BCUT2D eigenvalue weighted by Crippen LogP contribution is 2.13. The number of nitrogens with zero attached hydrogens (tertiary/aromatic N) is 1. The summed E-state index contributed by atoms with van der Waals surface area (Å²) in [4.78, 5) is 14.7. The molecular formula is C39H76N4O. The van der Waals surface area contributed by atoms with Crippen LogP contribution in [0.4, 0.5) is 0 Å². The molecule has 0 bridgehead atoms. The van der Waals surface area contributed by atoms with Crippen LogP contribution >= 0.6 is 0 Å². The Balaban J connectivity index is 3.85. The average Bonchev–Trinajstić information content (AvgIpc) is 3.02. The van der Waals surface area contributed by atoms with Crippen LogP contribution in [0.15, 0.2) is 24.3 Å². The Hall–Kier alpha value is -1.78. The molecule has 0 fully saturated rings. The topological polar surface area (TPSA) is 82.2 Å². The number of carbonyl (C=O) groups is 1. The van der Waals surface area contributed by atoms with Gasteiger partial charge in [0.15, 0.2) is 5.96 Å². The molecule has 0 rings (SSSR count). The molecule has 0 aromatic carbocycles. The zero-order valence-electron chi connectivity index (χ0n) is 29.7. The van der Waals surface area contributed by atoms with E-state index in [0.717, 1.165) is 25.9 Å². The molecule has 0 saturated carbocycles. The van der Waals surface area contributed by atoms with Crippen molar-refractivity contribution < 1.29 is 4.79 Å². The van der Waals surface area contributed by atoms with Crippen LogP contribution in [-0.2, 0) is 4.79 Å². The number of nitrogens with one attached hydrogen (secondary N) is 2. The molecule has 0 aliphatic heterocycles. The van der Waals surface area contributed by atoms with Crippen LogP contribution in [0.1, 0.15) is 194 Å². The van der Waals surface area contributed by atoms with Crippen molar-refractivity contribution in [2.24, 2.45) is 5.73 Å². The molecule has 0 heterocycles. The maximum absolute atomic E-state index is 12.7. The van der Waals surface area contributed by atoms with Crippen molar-refractivity contribution in [3.05, 3.63) is 24.3 Å². The molecule has 0 aromatic heterocycles. The molecular weight excluding hydrogens is 540 g/mol. The molecule has 0 saturated heterocycles. The average molecular weight is 617 g/mol. The summed E-state index contributed by atoms with van der Waals surface area (Å²) in [6.07, 6.45) is 45.8. The Bertz CT molecular complexity index is 633. The van der Waals surface area contributed by atoms with Gasteiger partial charge in [0.1, 0.15) is 0 Å². The minimum Gasteiger partial charge on any atom is -0.370 e. The molecule has 1 amide bonds. The second kappa shape index (κ2) is 35.7. The lowest BCUT2D eigenvalue weighted by Crippen LogP contribution is -2.43. The number of carbonyl (C=O) groups excluding carboxylic acids is 1. The molecule has 0 aliphatic rings. The molecule has 0 radical (unpaired) electrons. The second-order valence-corrected chi connectivity index (χ2v) is 13.0. The number of hydrogen-bond donors (Lipinski definition) is 3. The first-order valence-corrected chi connectivity index (χ1v) is 19.3. The Labute approximate surface area is 275 Å². The zero-order chi connectivity index (χ0) is 32.2. The number of nitrogens with two attached hydrogens (primary N) is 1. The van der Waals surface area contributed by atoms with Crippen molar-refractivity contribution in [1.29, 1.82) is 5.41 Å². The summed E-state index contributed by atoms with van der Waals surface area (Å²) < 4.78 is 0. The molecule has 4 N–H and O–H groups in total. The highest BCUT2D eigenvalue weighted by molar-refractivity contribution is 5.84. The molecule has 0 aliphatic carbocycles. The van der Waals surface area contributed by atoms with Gasteiger partial charge >= 0.3 is 0 Å². The van der Waals surface area contributed by atoms with E-state index in [0.29, 0.717) is 0 Å². The molecule has 0 atom stereocenters. The van der Waals surface area contributed by atoms with Crippen LogP contribution < -0.4 is 11.1 Å². The Morgan fingerprint density at radius 3 is 1.14 bits per heavy atom. The Morgan fingerprint density at radius 2 is 0.818 bits per heavy atom. The lowest BCUT2D eigenvalue weighted by molar-refractivity contribution is -0.130. The van der Waals surface area contributed by atoms with Crippen LogP contribution in [0.5, 0.6) is 0 Å². The monoisotopic (exact) mass is 617 g/mol. The van der Waals surface area contributed by atoms with Gasteiger partial charge in [-0.05, 0) is 64.2 Å². The van der Waals surface area contributed by atoms with Gasteiger partial charge in [0.25, 0.3) is 0 Å². The normalized spacial score (nSPS) is 11.6. The minimum atomic E-state index is -0.132. The lowest BCUT2D eigenvalue weighted by atomic mass is 10.1. The summed E-state index contributed by atoms with van der Waals surface area (Å²) >= 11 is 0. The number of amides is 1. The maximum atomic E-state index is 12.7. The van der Waals surface area contributed by atoms with Gasteiger partial charge in [0, 0.05) is 13.1 Å². The van der Waals surface area contributed by atoms with Crippen molar-refractivity contribution in [2.75, 3.05) is 19.6 Å². The van der Waals surface area contributed by atoms with Crippen molar-refractivity contribution in [3.63, 3.8) is 0 Å². The van der Waals surface area contributed by atoms with E-state index in [-0.39, 0.29) is 18.4 Å². The third-order valence-corrected chi connectivity index (χ3v) is 8.66. The number of allylic oxidation sites excluding steroid dienone is 4. The molecule has 5 heteroatoms. The Kier molecular flexibility index (Phi) is 34.3. The quantitative estimate of drug-likeness (QED) is 0.0291. The van der Waals surface area contributed by atoms with Crippen LogP contribution in [0, 0.1) is 5.41 Å². The van der Waals surface area contributed by atoms with Crippen molar-refractivity contribution in [2.45, 2.75) is 194 Å². The van der Waals surface area contributed by atoms with Gasteiger partial charge in [0.2, 0.25) is 5.91 Å². The summed E-state index contributed by atoms with van der Waals surface area (Å²) in [6, 6.07) is 0. The van der Waals surface area contributed by atoms with Gasteiger partial charge < -0.3 is 16.0 Å². The summed E-state index contributed by atoms with van der Waals surface area (Å²) in [6.45, 7) is 6.33. The third kappa shape index (κ3) is 33.1. The van der Waals surface area contributed by atoms with Crippen molar-refractivity contribution in [1.82, 2.24) is 10.2 Å². The van der Waals surface area contributed by atoms with Crippen LogP contribution in [0.25, 0.3) is 0 Å². The van der Waals surface area contributed by atoms with Gasteiger partial charge in [-0.25, -0.2) is 0 Å². The van der Waals surface area contributed by atoms with Crippen molar-refractivity contribution in [3.8, 4) is 0 Å². The summed E-state index contributed by atoms with van der Waals surface area (Å²) in [5, 5.41) is 10.1. The molecule has 44 heavy (non-hydrogen) atoms. The van der Waals surface area contributed by atoms with Crippen LogP contribution in [0.2, 0.25) is 0 Å². The number of unbranched alkanes of at least 4 members (excludes halogenated alkanes) is 24. The standard InChI is InChI=1S/C39H76N4O/c1-3-5-7-9-11-13-15-17-19-21-23-25-27-29-31-33-35-43(38(44)37-42-39(40)41)36-34-32-30-28-26-24-22-20-18-16-14-12-10-8-6-4-2/h17-20H,3-16,21-37H2,1-2H3,(H4,40,41,42). The predicted octanol–water partition coefficient (Wildman–Crippen LogP) is 11.4. The van der Waals surface area contributed by atoms with Gasteiger partial charge in [-0.2, -0.15) is 0 Å². The SMILES string of the molecule is CCCCCCCCC=CCCCCCCCCN(CCCCCCCCC=CCCCCCCCC)C(=O)CNC(=N)N. The van der Waals surface area contributed by atoms with Crippen LogP contribution in [0.3, 0.4) is 0 Å². The van der Waals surface area contributed by atoms with E-state index >= 15 is 0 Å². The first kappa shape index (κ1) is 42.2. The molecule has 258 valence electrons. The van der Waals surface area contributed by atoms with E-state index in [2.05, 4.69) is 43.5 Å². The van der Waals surface area contributed by atoms with E-state index in [4.69, 9.17) is 11.1 Å². The Morgan fingerprint density at radius 1 is 0.523 bits per heavy atom. The molecule has 0 spiro atoms. The van der Waals surface area contributed by atoms with Gasteiger partial charge in [-0.3, -0.25) is 10.2 Å². The van der Waals surface area contributed by atoms with E-state index < -0.39 is 0 Å². The predicted molar refractivity (Wildman–Crippen MR) is 195 cm³/mol. The van der Waals surface area contributed by atoms with E-state index in [1.807, 2.05) is 4.90 Å². The fraction of sp³-hybridized carbons (Fsp3) is 0.846. The second-order valence-electron chi connectivity index (χ2n) is 13.0. The zero-order valence-corrected chi connectivity index (χ0v) is 29.7. The fourth-order valence-corrected chi connectivity index (χ4v) is 5.74. The van der Waals surface area contributed by atoms with Crippen molar-refractivity contribution >= 4 is 11.9 Å². The highest BCUT2D eigenvalue weighted by Gasteiger charge is 2.12. The van der Waals surface area contributed by atoms with Gasteiger partial charge in [-0.1, -0.05) is 154 Å². The molecule has 0 aromatic rings. The summed E-state index contributed by atoms with van der Waals surface area (Å²) in [7, 11) is 0. The fourth-order valence-electron chi connectivity index (χ4n) is 5.74. The molecule has 5 nitrogen and oxygen atoms in total. The minimum absolute atomic E-state index is 0.0701. The van der Waals surface area contributed by atoms with Crippen LogP contribution in [-0.4, -0.2) is 36.4 Å². The van der Waals surface area contributed by atoms with E-state index in [1.165, 1.54) is 167 Å². The smallest absolute Gasteiger partial charge is 0.241 e. The summed E-state index contributed by atoms with van der Waals surface area (Å²) in [5.74, 6) is -0.0616. The lowest BCUT2D eigenvalue weighted by Gasteiger charge is -2.23. The van der Waals surface area contributed by atoms with E-state index in [1.54, 1.807) is 0 Å². The van der Waals surface area contributed by atoms with E-state index in [9.17, 15) is 4.79 Å². The first-order chi connectivity index (χ1) is 21.6. The first-order valence-electron chi connectivity index (χ1n) is 19.3. The van der Waals surface area contributed by atoms with Gasteiger partial charge in [0.05, 0.1) is 6.54 Å². The number of hydrogen-bond acceptors (Lipinski definition) is 2. The maximum Gasteiger partial charge on any atom is 0.241 e. The number of rotatable bonds is 34. The van der Waals surface area contributed by atoms with Gasteiger partial charge in [-0.15, -0.1) is 0 Å².